The van der Waals surface area contributed by atoms with E-state index in [4.69, 9.17) is 4.74 Å². The van der Waals surface area contributed by atoms with Gasteiger partial charge in [0.2, 0.25) is 0 Å². The topological polar surface area (TPSA) is 21.3 Å². The van der Waals surface area contributed by atoms with E-state index in [2.05, 4.69) is 21.2 Å². The first-order valence-corrected chi connectivity index (χ1v) is 6.80. The van der Waals surface area contributed by atoms with Gasteiger partial charge in [0, 0.05) is 17.7 Å². The Bertz CT molecular complexity index is 560. The maximum Gasteiger partial charge on any atom is 0.138 e. The van der Waals surface area contributed by atoms with E-state index in [9.17, 15) is 4.39 Å². The van der Waals surface area contributed by atoms with Crippen LogP contribution in [-0.2, 0) is 13.2 Å². The zero-order valence-electron chi connectivity index (χ0n) is 10.6. The van der Waals surface area contributed by atoms with Gasteiger partial charge in [0.15, 0.2) is 0 Å². The van der Waals surface area contributed by atoms with Crippen molar-refractivity contribution in [3.8, 4) is 5.75 Å². The lowest BCUT2D eigenvalue weighted by Crippen LogP contribution is -2.08. The summed E-state index contributed by atoms with van der Waals surface area (Å²) in [6, 6.07) is 12.5. The summed E-state index contributed by atoms with van der Waals surface area (Å²) in [7, 11) is 1.88. The summed E-state index contributed by atoms with van der Waals surface area (Å²) in [5, 5.41) is 3.09. The minimum absolute atomic E-state index is 0.214. The Labute approximate surface area is 120 Å². The van der Waals surface area contributed by atoms with Crippen LogP contribution in [0.2, 0.25) is 0 Å². The minimum atomic E-state index is -0.246. The molecule has 0 heterocycles. The molecule has 19 heavy (non-hydrogen) atoms. The van der Waals surface area contributed by atoms with Crippen molar-refractivity contribution in [2.45, 2.75) is 13.2 Å². The van der Waals surface area contributed by atoms with Gasteiger partial charge in [-0.3, -0.25) is 0 Å². The molecule has 0 aliphatic rings. The van der Waals surface area contributed by atoms with E-state index >= 15 is 0 Å². The first-order chi connectivity index (χ1) is 9.22. The van der Waals surface area contributed by atoms with Crippen molar-refractivity contribution in [1.82, 2.24) is 5.32 Å². The molecule has 0 aromatic heterocycles. The molecule has 0 radical (unpaired) electrons. The molecule has 4 heteroatoms. The third-order valence-corrected chi connectivity index (χ3v) is 3.37. The molecule has 1 N–H and O–H groups in total. The zero-order valence-corrected chi connectivity index (χ0v) is 12.2. The molecule has 2 rings (SSSR count). The molecular weight excluding hydrogens is 309 g/mol. The van der Waals surface area contributed by atoms with Gasteiger partial charge < -0.3 is 10.1 Å². The molecule has 100 valence electrons. The number of para-hydroxylation sites is 1. The van der Waals surface area contributed by atoms with E-state index in [0.29, 0.717) is 12.1 Å². The fraction of sp³-hybridized carbons (Fsp3) is 0.200. The molecule has 0 aliphatic carbocycles. The summed E-state index contributed by atoms with van der Waals surface area (Å²) >= 11 is 3.46. The van der Waals surface area contributed by atoms with Gasteiger partial charge in [-0.05, 0) is 35.1 Å². The van der Waals surface area contributed by atoms with Gasteiger partial charge in [-0.25, -0.2) is 4.39 Å². The van der Waals surface area contributed by atoms with E-state index in [1.807, 2.05) is 25.2 Å². The van der Waals surface area contributed by atoms with Crippen LogP contribution in [0.4, 0.5) is 4.39 Å². The molecule has 0 unspecified atom stereocenters. The fourth-order valence-corrected chi connectivity index (χ4v) is 2.33. The summed E-state index contributed by atoms with van der Waals surface area (Å²) in [6.07, 6.45) is 0. The minimum Gasteiger partial charge on any atom is -0.487 e. The summed E-state index contributed by atoms with van der Waals surface area (Å²) in [4.78, 5) is 0. The second kappa shape index (κ2) is 6.68. The fourth-order valence-electron chi connectivity index (χ4n) is 1.81. The first kappa shape index (κ1) is 14.0. The van der Waals surface area contributed by atoms with Crippen molar-refractivity contribution in [2.24, 2.45) is 0 Å². The maximum atomic E-state index is 13.5. The average Bonchev–Trinajstić information content (AvgIpc) is 2.40. The first-order valence-electron chi connectivity index (χ1n) is 6.00. The van der Waals surface area contributed by atoms with Crippen molar-refractivity contribution in [2.75, 3.05) is 7.05 Å². The molecule has 0 atom stereocenters. The van der Waals surface area contributed by atoms with Gasteiger partial charge in [-0.1, -0.05) is 30.3 Å². The van der Waals surface area contributed by atoms with Gasteiger partial charge in [0.05, 0.1) is 4.47 Å². The van der Waals surface area contributed by atoms with Crippen LogP contribution in [-0.4, -0.2) is 7.05 Å². The summed E-state index contributed by atoms with van der Waals surface area (Å²) < 4.78 is 20.2. The number of nitrogens with one attached hydrogen (secondary N) is 1. The highest BCUT2D eigenvalue weighted by Crippen LogP contribution is 2.30. The van der Waals surface area contributed by atoms with E-state index < -0.39 is 0 Å². The van der Waals surface area contributed by atoms with Crippen molar-refractivity contribution >= 4 is 15.9 Å². The van der Waals surface area contributed by atoms with E-state index in [1.54, 1.807) is 18.2 Å². The monoisotopic (exact) mass is 323 g/mol. The normalized spacial score (nSPS) is 10.5. The SMILES string of the molecule is CNCc1cccc(Br)c1OCc1ccccc1F. The largest absolute Gasteiger partial charge is 0.487 e. The van der Waals surface area contributed by atoms with Crippen molar-refractivity contribution in [1.29, 1.82) is 0 Å². The van der Waals surface area contributed by atoms with Crippen LogP contribution in [0.15, 0.2) is 46.9 Å². The Morgan fingerprint density at radius 2 is 1.84 bits per heavy atom. The molecule has 0 spiro atoms. The third kappa shape index (κ3) is 3.55. The lowest BCUT2D eigenvalue weighted by molar-refractivity contribution is 0.294. The number of ether oxygens (including phenoxy) is 1. The molecule has 0 bridgehead atoms. The highest BCUT2D eigenvalue weighted by molar-refractivity contribution is 9.10. The number of hydrogen-bond acceptors (Lipinski definition) is 2. The van der Waals surface area contributed by atoms with Crippen LogP contribution in [0.5, 0.6) is 5.75 Å². The Morgan fingerprint density at radius 3 is 2.58 bits per heavy atom. The Kier molecular flexibility index (Phi) is 4.93. The lowest BCUT2D eigenvalue weighted by atomic mass is 10.2. The molecule has 0 saturated carbocycles. The van der Waals surface area contributed by atoms with E-state index in [-0.39, 0.29) is 12.4 Å². The maximum absolute atomic E-state index is 13.5. The predicted octanol–water partition coefficient (Wildman–Crippen LogP) is 3.89. The van der Waals surface area contributed by atoms with Crippen LogP contribution in [0.1, 0.15) is 11.1 Å². The number of benzene rings is 2. The molecule has 2 aromatic rings. The number of rotatable bonds is 5. The molecule has 0 saturated heterocycles. The number of halogens is 2. The summed E-state index contributed by atoms with van der Waals surface area (Å²) in [5.74, 6) is 0.504. The Hall–Kier alpha value is -1.39. The van der Waals surface area contributed by atoms with Crippen LogP contribution < -0.4 is 10.1 Å². The Balaban J connectivity index is 2.17. The van der Waals surface area contributed by atoms with Crippen molar-refractivity contribution in [3.05, 3.63) is 63.9 Å². The molecule has 0 aliphatic heterocycles. The Morgan fingerprint density at radius 1 is 1.11 bits per heavy atom. The van der Waals surface area contributed by atoms with Crippen molar-refractivity contribution in [3.63, 3.8) is 0 Å². The van der Waals surface area contributed by atoms with Crippen LogP contribution in [0, 0.1) is 5.82 Å². The van der Waals surface area contributed by atoms with Gasteiger partial charge in [0.1, 0.15) is 18.2 Å². The lowest BCUT2D eigenvalue weighted by Gasteiger charge is -2.13. The summed E-state index contributed by atoms with van der Waals surface area (Å²) in [5.41, 5.74) is 1.59. The van der Waals surface area contributed by atoms with Gasteiger partial charge >= 0.3 is 0 Å². The van der Waals surface area contributed by atoms with Gasteiger partial charge in [-0.2, -0.15) is 0 Å². The quantitative estimate of drug-likeness (QED) is 0.901. The van der Waals surface area contributed by atoms with Gasteiger partial charge in [-0.15, -0.1) is 0 Å². The van der Waals surface area contributed by atoms with E-state index in [1.165, 1.54) is 6.07 Å². The molecular formula is C15H15BrFNO. The highest BCUT2D eigenvalue weighted by atomic mass is 79.9. The highest BCUT2D eigenvalue weighted by Gasteiger charge is 2.09. The molecule has 0 fully saturated rings. The smallest absolute Gasteiger partial charge is 0.138 e. The molecule has 0 amide bonds. The second-order valence-corrected chi connectivity index (χ2v) is 4.99. The average molecular weight is 324 g/mol. The molecule has 2 aromatic carbocycles. The van der Waals surface area contributed by atoms with Crippen LogP contribution >= 0.6 is 15.9 Å². The van der Waals surface area contributed by atoms with E-state index in [0.717, 1.165) is 15.8 Å². The van der Waals surface area contributed by atoms with Gasteiger partial charge in [0.25, 0.3) is 0 Å². The number of hydrogen-bond donors (Lipinski definition) is 1. The summed E-state index contributed by atoms with van der Waals surface area (Å²) in [6.45, 7) is 0.915. The second-order valence-electron chi connectivity index (χ2n) is 4.14. The molecule has 2 nitrogen and oxygen atoms in total. The standard InChI is InChI=1S/C15H15BrFNO/c1-18-9-11-6-4-7-13(16)15(11)19-10-12-5-2-3-8-14(12)17/h2-8,18H,9-10H2,1H3. The van der Waals surface area contributed by atoms with Crippen LogP contribution in [0.25, 0.3) is 0 Å². The van der Waals surface area contributed by atoms with Crippen molar-refractivity contribution < 1.29 is 9.13 Å². The van der Waals surface area contributed by atoms with Crippen LogP contribution in [0.3, 0.4) is 0 Å². The predicted molar refractivity (Wildman–Crippen MR) is 77.6 cm³/mol. The third-order valence-electron chi connectivity index (χ3n) is 2.75. The zero-order chi connectivity index (χ0) is 13.7.